The number of rotatable bonds is 7. The molecule has 1 aliphatic rings. The van der Waals surface area contributed by atoms with E-state index in [2.05, 4.69) is 37.4 Å². The zero-order valence-electron chi connectivity index (χ0n) is 13.1. The summed E-state index contributed by atoms with van der Waals surface area (Å²) in [5, 5.41) is 3.57. The van der Waals surface area contributed by atoms with E-state index in [9.17, 15) is 0 Å². The van der Waals surface area contributed by atoms with E-state index < -0.39 is 0 Å². The molecule has 2 heteroatoms. The minimum Gasteiger partial charge on any atom is -0.491 e. The number of anilines is 1. The fourth-order valence-corrected chi connectivity index (χ4v) is 2.99. The molecule has 2 nitrogen and oxygen atoms in total. The normalized spacial score (nSPS) is 16.1. The summed E-state index contributed by atoms with van der Waals surface area (Å²) in [5.41, 5.74) is 2.41. The zero-order chi connectivity index (χ0) is 14.2. The minimum atomic E-state index is 0.792. The average Bonchev–Trinajstić information content (AvgIpc) is 2.48. The molecular weight excluding hydrogens is 246 g/mol. The first-order chi connectivity index (χ1) is 9.79. The predicted octanol–water partition coefficient (Wildman–Crippen LogP) is 5.17. The Morgan fingerprint density at radius 1 is 1.20 bits per heavy atom. The number of benzene rings is 1. The highest BCUT2D eigenvalue weighted by atomic mass is 16.5. The number of hydrogen-bond donors (Lipinski definition) is 1. The van der Waals surface area contributed by atoms with Gasteiger partial charge >= 0.3 is 0 Å². The quantitative estimate of drug-likeness (QED) is 0.741. The van der Waals surface area contributed by atoms with Crippen molar-refractivity contribution in [3.05, 3.63) is 23.8 Å². The Bertz CT molecular complexity index is 396. The first-order valence-electron chi connectivity index (χ1n) is 8.27. The summed E-state index contributed by atoms with van der Waals surface area (Å²) in [6.07, 6.45) is 9.50. The minimum absolute atomic E-state index is 0.792. The van der Waals surface area contributed by atoms with Gasteiger partial charge in [-0.3, -0.25) is 0 Å². The molecule has 0 bridgehead atoms. The van der Waals surface area contributed by atoms with Crippen LogP contribution in [-0.2, 0) is 0 Å². The molecule has 1 saturated carbocycles. The van der Waals surface area contributed by atoms with Gasteiger partial charge in [0.25, 0.3) is 0 Å². The van der Waals surface area contributed by atoms with Gasteiger partial charge < -0.3 is 10.1 Å². The van der Waals surface area contributed by atoms with Gasteiger partial charge in [-0.2, -0.15) is 0 Å². The van der Waals surface area contributed by atoms with Gasteiger partial charge in [-0.25, -0.2) is 0 Å². The van der Waals surface area contributed by atoms with Crippen LogP contribution in [0.1, 0.15) is 57.4 Å². The second-order valence-corrected chi connectivity index (χ2v) is 6.07. The van der Waals surface area contributed by atoms with Gasteiger partial charge in [0.05, 0.1) is 12.3 Å². The van der Waals surface area contributed by atoms with Crippen molar-refractivity contribution in [2.45, 2.75) is 58.8 Å². The van der Waals surface area contributed by atoms with Crippen LogP contribution in [0.5, 0.6) is 5.75 Å². The summed E-state index contributed by atoms with van der Waals surface area (Å²) in [5.74, 6) is 1.94. The second kappa shape index (κ2) is 8.18. The molecular formula is C18H29NO. The molecule has 0 saturated heterocycles. The van der Waals surface area contributed by atoms with Crippen molar-refractivity contribution in [2.75, 3.05) is 18.5 Å². The van der Waals surface area contributed by atoms with Crippen molar-refractivity contribution in [3.8, 4) is 5.75 Å². The molecule has 0 unspecified atom stereocenters. The van der Waals surface area contributed by atoms with Crippen LogP contribution in [-0.4, -0.2) is 13.2 Å². The molecule has 20 heavy (non-hydrogen) atoms. The lowest BCUT2D eigenvalue weighted by molar-refractivity contribution is 0.318. The number of aryl methyl sites for hydroxylation is 1. The fraction of sp³-hybridized carbons (Fsp3) is 0.667. The average molecular weight is 275 g/mol. The highest BCUT2D eigenvalue weighted by Crippen LogP contribution is 2.28. The molecule has 0 aromatic heterocycles. The van der Waals surface area contributed by atoms with E-state index in [-0.39, 0.29) is 0 Å². The summed E-state index contributed by atoms with van der Waals surface area (Å²) in [6, 6.07) is 6.45. The SMILES string of the molecule is CCCOc1cc(C)ccc1NCCC1CCCCC1. The van der Waals surface area contributed by atoms with Gasteiger partial charge in [-0.05, 0) is 43.4 Å². The summed E-state index contributed by atoms with van der Waals surface area (Å²) in [6.45, 7) is 6.12. The van der Waals surface area contributed by atoms with Crippen LogP contribution in [0.25, 0.3) is 0 Å². The maximum absolute atomic E-state index is 5.85. The Morgan fingerprint density at radius 3 is 2.75 bits per heavy atom. The molecule has 2 rings (SSSR count). The largest absolute Gasteiger partial charge is 0.491 e. The topological polar surface area (TPSA) is 21.3 Å². The Labute approximate surface area is 123 Å². The molecule has 1 aromatic carbocycles. The number of nitrogens with one attached hydrogen (secondary N) is 1. The van der Waals surface area contributed by atoms with Gasteiger partial charge in [-0.15, -0.1) is 0 Å². The van der Waals surface area contributed by atoms with Crippen LogP contribution in [0, 0.1) is 12.8 Å². The third-order valence-electron chi connectivity index (χ3n) is 4.19. The van der Waals surface area contributed by atoms with Gasteiger partial charge in [0.2, 0.25) is 0 Å². The number of hydrogen-bond acceptors (Lipinski definition) is 2. The maximum Gasteiger partial charge on any atom is 0.142 e. The molecule has 0 amide bonds. The van der Waals surface area contributed by atoms with Crippen molar-refractivity contribution >= 4 is 5.69 Å². The Balaban J connectivity index is 1.84. The van der Waals surface area contributed by atoms with Crippen molar-refractivity contribution < 1.29 is 4.74 Å². The van der Waals surface area contributed by atoms with E-state index in [1.165, 1.54) is 44.1 Å². The van der Waals surface area contributed by atoms with Gasteiger partial charge in [-0.1, -0.05) is 45.1 Å². The van der Waals surface area contributed by atoms with Crippen molar-refractivity contribution in [2.24, 2.45) is 5.92 Å². The van der Waals surface area contributed by atoms with E-state index in [1.54, 1.807) is 0 Å². The molecule has 0 radical (unpaired) electrons. The van der Waals surface area contributed by atoms with E-state index in [0.29, 0.717) is 0 Å². The van der Waals surface area contributed by atoms with Crippen molar-refractivity contribution in [1.82, 2.24) is 0 Å². The molecule has 112 valence electrons. The first-order valence-corrected chi connectivity index (χ1v) is 8.27. The third kappa shape index (κ3) is 4.73. The fourth-order valence-electron chi connectivity index (χ4n) is 2.99. The monoisotopic (exact) mass is 275 g/mol. The Hall–Kier alpha value is -1.18. The molecule has 0 aliphatic heterocycles. The van der Waals surface area contributed by atoms with Gasteiger partial charge in [0, 0.05) is 6.54 Å². The van der Waals surface area contributed by atoms with E-state index >= 15 is 0 Å². The molecule has 1 aromatic rings. The number of ether oxygens (including phenoxy) is 1. The molecule has 1 fully saturated rings. The molecule has 0 atom stereocenters. The molecule has 0 heterocycles. The highest BCUT2D eigenvalue weighted by molar-refractivity contribution is 5.57. The molecule has 1 N–H and O–H groups in total. The molecule has 1 aliphatic carbocycles. The highest BCUT2D eigenvalue weighted by Gasteiger charge is 2.13. The smallest absolute Gasteiger partial charge is 0.142 e. The lowest BCUT2D eigenvalue weighted by atomic mass is 9.87. The summed E-state index contributed by atoms with van der Waals surface area (Å²) in [7, 11) is 0. The Kier molecular flexibility index (Phi) is 6.23. The standard InChI is InChI=1S/C18H29NO/c1-3-13-20-18-14-15(2)9-10-17(18)19-12-11-16-7-5-4-6-8-16/h9-10,14,16,19H,3-8,11-13H2,1-2H3. The lowest BCUT2D eigenvalue weighted by Crippen LogP contribution is -2.12. The van der Waals surface area contributed by atoms with E-state index in [0.717, 1.165) is 36.9 Å². The van der Waals surface area contributed by atoms with E-state index in [1.807, 2.05) is 0 Å². The second-order valence-electron chi connectivity index (χ2n) is 6.07. The van der Waals surface area contributed by atoms with Crippen LogP contribution >= 0.6 is 0 Å². The summed E-state index contributed by atoms with van der Waals surface area (Å²) in [4.78, 5) is 0. The van der Waals surface area contributed by atoms with Crippen molar-refractivity contribution in [3.63, 3.8) is 0 Å². The van der Waals surface area contributed by atoms with Crippen LogP contribution in [0.4, 0.5) is 5.69 Å². The molecule has 0 spiro atoms. The first kappa shape index (κ1) is 15.2. The maximum atomic E-state index is 5.85. The van der Waals surface area contributed by atoms with Crippen LogP contribution < -0.4 is 10.1 Å². The Morgan fingerprint density at radius 2 is 2.00 bits per heavy atom. The predicted molar refractivity (Wildman–Crippen MR) is 86.6 cm³/mol. The summed E-state index contributed by atoms with van der Waals surface area (Å²) >= 11 is 0. The zero-order valence-corrected chi connectivity index (χ0v) is 13.1. The van der Waals surface area contributed by atoms with Crippen molar-refractivity contribution in [1.29, 1.82) is 0 Å². The van der Waals surface area contributed by atoms with Crippen LogP contribution in [0.3, 0.4) is 0 Å². The van der Waals surface area contributed by atoms with Gasteiger partial charge in [0.15, 0.2) is 0 Å². The third-order valence-corrected chi connectivity index (χ3v) is 4.19. The van der Waals surface area contributed by atoms with Crippen LogP contribution in [0.2, 0.25) is 0 Å². The summed E-state index contributed by atoms with van der Waals surface area (Å²) < 4.78 is 5.85. The van der Waals surface area contributed by atoms with E-state index in [4.69, 9.17) is 4.74 Å². The lowest BCUT2D eigenvalue weighted by Gasteiger charge is -2.22. The van der Waals surface area contributed by atoms with Crippen LogP contribution in [0.15, 0.2) is 18.2 Å². The van der Waals surface area contributed by atoms with Gasteiger partial charge in [0.1, 0.15) is 5.75 Å².